The third-order valence-corrected chi connectivity index (χ3v) is 6.41. The monoisotopic (exact) mass is 451 g/mol. The van der Waals surface area contributed by atoms with Crippen LogP contribution in [0.2, 0.25) is 0 Å². The minimum absolute atomic E-state index is 0.00350. The van der Waals surface area contributed by atoms with E-state index in [1.54, 1.807) is 11.8 Å². The molecular weight excluding hydrogens is 418 g/mol. The highest BCUT2D eigenvalue weighted by Crippen LogP contribution is 2.19. The largest absolute Gasteiger partial charge is 0.341 e. The van der Waals surface area contributed by atoms with E-state index in [0.717, 1.165) is 48.6 Å². The fourth-order valence-corrected chi connectivity index (χ4v) is 4.52. The fourth-order valence-electron chi connectivity index (χ4n) is 3.84. The number of nitrogens with zero attached hydrogens (tertiary/aromatic N) is 2. The summed E-state index contributed by atoms with van der Waals surface area (Å²) in [5.74, 6) is 0.983. The van der Waals surface area contributed by atoms with Gasteiger partial charge in [-0.05, 0) is 48.4 Å². The molecule has 5 nitrogen and oxygen atoms in total. The topological polar surface area (TPSA) is 52.7 Å². The van der Waals surface area contributed by atoms with Crippen LogP contribution >= 0.6 is 11.8 Å². The van der Waals surface area contributed by atoms with Crippen LogP contribution in [0, 0.1) is 13.8 Å². The van der Waals surface area contributed by atoms with E-state index in [9.17, 15) is 9.59 Å². The number of hydrogen-bond donors (Lipinski definition) is 1. The van der Waals surface area contributed by atoms with Gasteiger partial charge in [-0.3, -0.25) is 14.5 Å². The van der Waals surface area contributed by atoms with E-state index in [4.69, 9.17) is 0 Å². The predicted octanol–water partition coefficient (Wildman–Crippen LogP) is 4.57. The van der Waals surface area contributed by atoms with E-state index in [1.165, 1.54) is 5.56 Å². The molecule has 0 aromatic heterocycles. The smallest absolute Gasteiger partial charge is 0.238 e. The summed E-state index contributed by atoms with van der Waals surface area (Å²) in [5, 5.41) is 5.12. The number of benzene rings is 2. The standard InChI is InChI=1S/C26H33N3O2S/c1-21-8-6-9-22(2)26(21)27-24(30)20-28-14-7-15-29(17-16-28)25(31)13-19-32-18-12-23-10-4-3-5-11-23/h3-6,8-12,18H,7,13-17,19-20H2,1-2H3,(H,27,30)/b18-12-. The molecule has 1 fully saturated rings. The highest BCUT2D eigenvalue weighted by atomic mass is 32.2. The molecule has 0 spiro atoms. The van der Waals surface area contributed by atoms with Crippen LogP contribution < -0.4 is 5.32 Å². The Hall–Kier alpha value is -2.57. The maximum atomic E-state index is 12.6. The zero-order chi connectivity index (χ0) is 22.8. The zero-order valence-electron chi connectivity index (χ0n) is 19.0. The zero-order valence-corrected chi connectivity index (χ0v) is 19.9. The summed E-state index contributed by atoms with van der Waals surface area (Å²) >= 11 is 1.67. The summed E-state index contributed by atoms with van der Waals surface area (Å²) in [6, 6.07) is 16.2. The van der Waals surface area contributed by atoms with Gasteiger partial charge in [-0.15, -0.1) is 11.8 Å². The normalized spacial score (nSPS) is 15.0. The molecule has 0 radical (unpaired) electrons. The molecule has 0 bridgehead atoms. The average molecular weight is 452 g/mol. The summed E-state index contributed by atoms with van der Waals surface area (Å²) in [4.78, 5) is 29.3. The van der Waals surface area contributed by atoms with Crippen LogP contribution in [0.25, 0.3) is 6.08 Å². The Balaban J connectivity index is 1.39. The Morgan fingerprint density at radius 1 is 0.969 bits per heavy atom. The summed E-state index contributed by atoms with van der Waals surface area (Å²) in [6.45, 7) is 7.38. The van der Waals surface area contributed by atoms with Gasteiger partial charge in [0.25, 0.3) is 0 Å². The number of anilines is 1. The van der Waals surface area contributed by atoms with Crippen molar-refractivity contribution in [1.82, 2.24) is 9.80 Å². The number of aryl methyl sites for hydroxylation is 2. The van der Waals surface area contributed by atoms with Crippen LogP contribution in [0.4, 0.5) is 5.69 Å². The molecule has 0 saturated carbocycles. The van der Waals surface area contributed by atoms with Gasteiger partial charge >= 0.3 is 0 Å². The number of nitrogens with one attached hydrogen (secondary N) is 1. The first-order valence-electron chi connectivity index (χ1n) is 11.2. The highest BCUT2D eigenvalue weighted by Gasteiger charge is 2.20. The minimum atomic E-state index is 0.00350. The summed E-state index contributed by atoms with van der Waals surface area (Å²) in [6.07, 6.45) is 3.50. The van der Waals surface area contributed by atoms with Crippen molar-refractivity contribution in [1.29, 1.82) is 0 Å². The van der Waals surface area contributed by atoms with Crippen molar-refractivity contribution in [3.8, 4) is 0 Å². The molecule has 170 valence electrons. The molecule has 0 atom stereocenters. The Bertz CT molecular complexity index is 910. The number of para-hydroxylation sites is 1. The van der Waals surface area contributed by atoms with Gasteiger partial charge in [0.1, 0.15) is 0 Å². The molecule has 1 saturated heterocycles. The lowest BCUT2D eigenvalue weighted by atomic mass is 10.1. The molecule has 1 aliphatic rings. The van der Waals surface area contributed by atoms with Gasteiger partial charge in [0.2, 0.25) is 11.8 Å². The predicted molar refractivity (Wildman–Crippen MR) is 135 cm³/mol. The van der Waals surface area contributed by atoms with Gasteiger partial charge in [0, 0.05) is 44.0 Å². The van der Waals surface area contributed by atoms with E-state index < -0.39 is 0 Å². The molecule has 2 amide bonds. The number of thioether (sulfide) groups is 1. The molecule has 0 aliphatic carbocycles. The van der Waals surface area contributed by atoms with Crippen molar-refractivity contribution >= 4 is 35.3 Å². The van der Waals surface area contributed by atoms with Crippen molar-refractivity contribution in [3.63, 3.8) is 0 Å². The summed E-state index contributed by atoms with van der Waals surface area (Å²) in [5.41, 5.74) is 4.22. The number of carbonyl (C=O) groups excluding carboxylic acids is 2. The molecule has 3 rings (SSSR count). The Labute approximate surface area is 195 Å². The van der Waals surface area contributed by atoms with Crippen LogP contribution in [-0.2, 0) is 9.59 Å². The second kappa shape index (κ2) is 12.5. The lowest BCUT2D eigenvalue weighted by Gasteiger charge is -2.22. The molecule has 2 aromatic rings. The molecule has 1 N–H and O–H groups in total. The maximum Gasteiger partial charge on any atom is 0.238 e. The Kier molecular flexibility index (Phi) is 9.38. The minimum Gasteiger partial charge on any atom is -0.341 e. The van der Waals surface area contributed by atoms with Crippen molar-refractivity contribution in [2.45, 2.75) is 26.7 Å². The molecule has 6 heteroatoms. The van der Waals surface area contributed by atoms with E-state index in [-0.39, 0.29) is 11.8 Å². The third kappa shape index (κ3) is 7.53. The van der Waals surface area contributed by atoms with Gasteiger partial charge in [-0.1, -0.05) is 48.5 Å². The number of rotatable bonds is 8. The lowest BCUT2D eigenvalue weighted by Crippen LogP contribution is -2.38. The van der Waals surface area contributed by atoms with Crippen molar-refractivity contribution in [2.75, 3.05) is 43.8 Å². The molecular formula is C26H33N3O2S. The van der Waals surface area contributed by atoms with Crippen LogP contribution in [0.15, 0.2) is 53.9 Å². The number of amides is 2. The number of carbonyl (C=O) groups is 2. The third-order valence-electron chi connectivity index (χ3n) is 5.64. The van der Waals surface area contributed by atoms with Crippen LogP contribution in [0.5, 0.6) is 0 Å². The van der Waals surface area contributed by atoms with E-state index in [0.29, 0.717) is 19.5 Å². The lowest BCUT2D eigenvalue weighted by molar-refractivity contribution is -0.130. The van der Waals surface area contributed by atoms with Gasteiger partial charge in [-0.2, -0.15) is 0 Å². The molecule has 1 heterocycles. The highest BCUT2D eigenvalue weighted by molar-refractivity contribution is 8.02. The first-order chi connectivity index (χ1) is 15.5. The first-order valence-corrected chi connectivity index (χ1v) is 12.3. The Morgan fingerprint density at radius 3 is 2.47 bits per heavy atom. The van der Waals surface area contributed by atoms with Crippen molar-refractivity contribution in [2.24, 2.45) is 0 Å². The molecule has 2 aromatic carbocycles. The quantitative estimate of drug-likeness (QED) is 0.598. The first kappa shape index (κ1) is 24.1. The van der Waals surface area contributed by atoms with E-state index >= 15 is 0 Å². The maximum absolute atomic E-state index is 12.6. The van der Waals surface area contributed by atoms with E-state index in [2.05, 4.69) is 33.8 Å². The Morgan fingerprint density at radius 2 is 1.72 bits per heavy atom. The fraction of sp³-hybridized carbons (Fsp3) is 0.385. The molecule has 0 unspecified atom stereocenters. The van der Waals surface area contributed by atoms with Crippen LogP contribution in [0.3, 0.4) is 0 Å². The van der Waals surface area contributed by atoms with Gasteiger partial charge < -0.3 is 10.2 Å². The SMILES string of the molecule is Cc1cccc(C)c1NC(=O)CN1CCCN(C(=O)CCS/C=C\c2ccccc2)CC1. The summed E-state index contributed by atoms with van der Waals surface area (Å²) in [7, 11) is 0. The number of hydrogen-bond acceptors (Lipinski definition) is 4. The molecule has 32 heavy (non-hydrogen) atoms. The van der Waals surface area contributed by atoms with Gasteiger partial charge in [0.15, 0.2) is 0 Å². The second-order valence-corrected chi connectivity index (χ2v) is 9.17. The second-order valence-electron chi connectivity index (χ2n) is 8.16. The average Bonchev–Trinajstić information content (AvgIpc) is 3.02. The summed E-state index contributed by atoms with van der Waals surface area (Å²) < 4.78 is 0. The van der Waals surface area contributed by atoms with Gasteiger partial charge in [0.05, 0.1) is 6.54 Å². The van der Waals surface area contributed by atoms with Crippen molar-refractivity contribution in [3.05, 3.63) is 70.6 Å². The van der Waals surface area contributed by atoms with Crippen LogP contribution in [0.1, 0.15) is 29.5 Å². The van der Waals surface area contributed by atoms with Gasteiger partial charge in [-0.25, -0.2) is 0 Å². The van der Waals surface area contributed by atoms with E-state index in [1.807, 2.05) is 55.1 Å². The van der Waals surface area contributed by atoms with Crippen LogP contribution in [-0.4, -0.2) is 60.1 Å². The van der Waals surface area contributed by atoms with Crippen molar-refractivity contribution < 1.29 is 9.59 Å². The molecule has 1 aliphatic heterocycles.